The van der Waals surface area contributed by atoms with Gasteiger partial charge in [-0.3, -0.25) is 9.78 Å². The molecule has 0 unspecified atom stereocenters. The minimum absolute atomic E-state index is 0.161. The number of anilines is 1. The van der Waals surface area contributed by atoms with Crippen molar-refractivity contribution in [2.24, 2.45) is 11.3 Å². The van der Waals surface area contributed by atoms with E-state index in [9.17, 15) is 9.18 Å². The third-order valence-electron chi connectivity index (χ3n) is 6.65. The van der Waals surface area contributed by atoms with Crippen molar-refractivity contribution in [2.75, 3.05) is 18.0 Å². The van der Waals surface area contributed by atoms with Crippen molar-refractivity contribution in [3.8, 4) is 0 Å². The molecule has 5 rings (SSSR count). The van der Waals surface area contributed by atoms with Gasteiger partial charge >= 0.3 is 0 Å². The first-order chi connectivity index (χ1) is 14.0. The van der Waals surface area contributed by atoms with Gasteiger partial charge in [0.15, 0.2) is 0 Å². The molecule has 1 spiro atoms. The van der Waals surface area contributed by atoms with Crippen molar-refractivity contribution in [3.63, 3.8) is 0 Å². The van der Waals surface area contributed by atoms with E-state index >= 15 is 0 Å². The summed E-state index contributed by atoms with van der Waals surface area (Å²) in [5.74, 6) is 0.277. The Morgan fingerprint density at radius 2 is 1.90 bits per heavy atom. The first-order valence-corrected chi connectivity index (χ1v) is 10.5. The molecular weight excluding hydrogens is 387 g/mol. The van der Waals surface area contributed by atoms with Gasteiger partial charge in [-0.2, -0.15) is 0 Å². The molecule has 2 heterocycles. The summed E-state index contributed by atoms with van der Waals surface area (Å²) in [5, 5.41) is 1.55. The molecule has 1 saturated carbocycles. The molecule has 2 fully saturated rings. The molecule has 0 radical (unpaired) electrons. The largest absolute Gasteiger partial charge is 0.371 e. The van der Waals surface area contributed by atoms with Gasteiger partial charge in [0.1, 0.15) is 11.6 Å². The minimum Gasteiger partial charge on any atom is -0.371 e. The highest BCUT2D eigenvalue weighted by molar-refractivity contribution is 6.30. The van der Waals surface area contributed by atoms with Gasteiger partial charge in [-0.1, -0.05) is 23.7 Å². The van der Waals surface area contributed by atoms with Crippen LogP contribution in [-0.4, -0.2) is 23.9 Å². The van der Waals surface area contributed by atoms with E-state index in [-0.39, 0.29) is 17.2 Å². The zero-order valence-electron chi connectivity index (χ0n) is 16.1. The summed E-state index contributed by atoms with van der Waals surface area (Å²) in [7, 11) is 0. The van der Waals surface area contributed by atoms with Crippen molar-refractivity contribution in [1.29, 1.82) is 0 Å². The fourth-order valence-corrected chi connectivity index (χ4v) is 4.98. The van der Waals surface area contributed by atoms with E-state index in [1.54, 1.807) is 18.3 Å². The maximum absolute atomic E-state index is 13.8. The van der Waals surface area contributed by atoms with Crippen LogP contribution in [0.3, 0.4) is 0 Å². The number of carbonyl (C=O) groups is 1. The average molecular weight is 409 g/mol. The van der Waals surface area contributed by atoms with Gasteiger partial charge in [0.05, 0.1) is 5.52 Å². The molecule has 0 bridgehead atoms. The van der Waals surface area contributed by atoms with Crippen LogP contribution in [0.25, 0.3) is 10.9 Å². The van der Waals surface area contributed by atoms with E-state index in [1.807, 2.05) is 30.3 Å². The topological polar surface area (TPSA) is 33.2 Å². The number of nitrogens with zero attached hydrogens (tertiary/aromatic N) is 2. The lowest BCUT2D eigenvalue weighted by molar-refractivity contribution is -0.120. The molecule has 1 atom stereocenters. The number of pyridine rings is 1. The Labute approximate surface area is 174 Å². The molecular formula is C24H22ClFN2O. The molecule has 0 N–H and O–H groups in total. The van der Waals surface area contributed by atoms with Crippen LogP contribution in [0.15, 0.2) is 54.7 Å². The number of Topliss-reactive ketones (excluding diaryl/α,β-unsaturated/α-hetero) is 1. The molecule has 1 saturated heterocycles. The Morgan fingerprint density at radius 3 is 2.66 bits per heavy atom. The number of aromatic nitrogens is 1. The number of hydrogen-bond donors (Lipinski definition) is 0. The summed E-state index contributed by atoms with van der Waals surface area (Å²) in [6.07, 6.45) is 5.28. The zero-order chi connectivity index (χ0) is 20.0. The highest BCUT2D eigenvalue weighted by atomic mass is 35.5. The summed E-state index contributed by atoms with van der Waals surface area (Å²) in [5.41, 5.74) is 3.04. The third kappa shape index (κ3) is 3.51. The van der Waals surface area contributed by atoms with Crippen LogP contribution in [0.5, 0.6) is 0 Å². The molecule has 5 heteroatoms. The van der Waals surface area contributed by atoms with Crippen LogP contribution in [0.1, 0.15) is 24.8 Å². The monoisotopic (exact) mass is 408 g/mol. The highest BCUT2D eigenvalue weighted by Gasteiger charge is 2.57. The summed E-state index contributed by atoms with van der Waals surface area (Å²) in [6.45, 7) is 1.78. The first kappa shape index (κ1) is 18.6. The molecule has 3 nitrogen and oxygen atoms in total. The van der Waals surface area contributed by atoms with Crippen molar-refractivity contribution in [2.45, 2.75) is 25.7 Å². The smallest absolute Gasteiger partial charge is 0.140 e. The minimum atomic E-state index is -0.240. The van der Waals surface area contributed by atoms with E-state index in [1.165, 1.54) is 6.07 Å². The average Bonchev–Trinajstić information content (AvgIpc) is 3.43. The fraction of sp³-hybridized carbons (Fsp3) is 0.333. The van der Waals surface area contributed by atoms with Gasteiger partial charge in [0.25, 0.3) is 0 Å². The van der Waals surface area contributed by atoms with E-state index in [2.05, 4.69) is 9.88 Å². The van der Waals surface area contributed by atoms with Crippen LogP contribution < -0.4 is 4.90 Å². The number of carbonyl (C=O) groups excluding carboxylic acids is 1. The van der Waals surface area contributed by atoms with Gasteiger partial charge in [-0.25, -0.2) is 4.39 Å². The molecule has 2 aliphatic rings. The lowest BCUT2D eigenvalue weighted by Gasteiger charge is -2.35. The standard InChI is InChI=1S/C24H22ClFN2O/c25-17-3-1-16(2-4-17)13-23(29)20-15-24(20)8-11-28(12-9-24)22-7-10-27-21-6-5-18(26)14-19(21)22/h1-7,10,14,20H,8-9,11-13,15H2/t20-/m0/s1. The first-order valence-electron chi connectivity index (χ1n) is 10.1. The number of halogens is 2. The fourth-order valence-electron chi connectivity index (χ4n) is 4.85. The molecule has 0 amide bonds. The lowest BCUT2D eigenvalue weighted by atomic mass is 9.88. The van der Waals surface area contributed by atoms with Crippen LogP contribution in [0, 0.1) is 17.2 Å². The van der Waals surface area contributed by atoms with Crippen molar-refractivity contribution < 1.29 is 9.18 Å². The van der Waals surface area contributed by atoms with E-state index < -0.39 is 0 Å². The summed E-state index contributed by atoms with van der Waals surface area (Å²) in [6, 6.07) is 14.3. The number of hydrogen-bond acceptors (Lipinski definition) is 3. The Hall–Kier alpha value is -2.46. The quantitative estimate of drug-likeness (QED) is 0.575. The molecule has 29 heavy (non-hydrogen) atoms. The molecule has 1 aliphatic heterocycles. The Morgan fingerprint density at radius 1 is 1.14 bits per heavy atom. The van der Waals surface area contributed by atoms with Crippen LogP contribution in [0.2, 0.25) is 5.02 Å². The Balaban J connectivity index is 1.26. The van der Waals surface area contributed by atoms with Gasteiger partial charge in [0.2, 0.25) is 0 Å². The normalized spacial score (nSPS) is 20.2. The van der Waals surface area contributed by atoms with Crippen LogP contribution >= 0.6 is 11.6 Å². The van der Waals surface area contributed by atoms with E-state index in [0.29, 0.717) is 17.2 Å². The van der Waals surface area contributed by atoms with Gasteiger partial charge in [-0.15, -0.1) is 0 Å². The second kappa shape index (κ2) is 7.10. The molecule has 1 aliphatic carbocycles. The van der Waals surface area contributed by atoms with Crippen LogP contribution in [-0.2, 0) is 11.2 Å². The summed E-state index contributed by atoms with van der Waals surface area (Å²) in [4.78, 5) is 19.5. The third-order valence-corrected chi connectivity index (χ3v) is 6.90. The molecule has 1 aromatic heterocycles. The second-order valence-electron chi connectivity index (χ2n) is 8.37. The number of benzene rings is 2. The van der Waals surface area contributed by atoms with Gasteiger partial charge in [-0.05, 0) is 66.6 Å². The van der Waals surface area contributed by atoms with Crippen molar-refractivity contribution in [1.82, 2.24) is 4.98 Å². The number of rotatable bonds is 4. The number of piperidine rings is 1. The van der Waals surface area contributed by atoms with E-state index in [4.69, 9.17) is 11.6 Å². The predicted molar refractivity (Wildman–Crippen MR) is 114 cm³/mol. The van der Waals surface area contributed by atoms with Crippen LogP contribution in [0.4, 0.5) is 10.1 Å². The second-order valence-corrected chi connectivity index (χ2v) is 8.80. The number of ketones is 1. The Bertz CT molecular complexity index is 1070. The maximum atomic E-state index is 13.8. The van der Waals surface area contributed by atoms with Crippen molar-refractivity contribution >= 4 is 34.0 Å². The summed E-state index contributed by atoms with van der Waals surface area (Å²) >= 11 is 5.93. The van der Waals surface area contributed by atoms with Crippen molar-refractivity contribution in [3.05, 3.63) is 71.1 Å². The zero-order valence-corrected chi connectivity index (χ0v) is 16.8. The summed E-state index contributed by atoms with van der Waals surface area (Å²) < 4.78 is 13.8. The maximum Gasteiger partial charge on any atom is 0.140 e. The SMILES string of the molecule is O=C(Cc1ccc(Cl)cc1)[C@@H]1CC12CCN(c1ccnc3ccc(F)cc13)CC2. The van der Waals surface area contributed by atoms with Gasteiger partial charge < -0.3 is 4.90 Å². The van der Waals surface area contributed by atoms with Gasteiger partial charge in [0, 0.05) is 47.7 Å². The lowest BCUT2D eigenvalue weighted by Crippen LogP contribution is -2.36. The molecule has 3 aromatic rings. The Kier molecular flexibility index (Phi) is 4.54. The molecule has 148 valence electrons. The van der Waals surface area contributed by atoms with E-state index in [0.717, 1.165) is 54.5 Å². The highest BCUT2D eigenvalue weighted by Crippen LogP contribution is 2.60. The molecule has 2 aromatic carbocycles. The number of fused-ring (bicyclic) bond motifs is 1. The predicted octanol–water partition coefficient (Wildman–Crippen LogP) is 5.45.